The minimum Gasteiger partial charge on any atom is -0.481 e. The van der Waals surface area contributed by atoms with Gasteiger partial charge in [-0.1, -0.05) is 15.9 Å². The normalized spacial score (nSPS) is 11.9. The van der Waals surface area contributed by atoms with E-state index in [0.717, 1.165) is 4.47 Å². The number of carboxylic acid groups (broad SMARTS) is 1. The molecule has 1 N–H and O–H groups in total. The highest BCUT2D eigenvalue weighted by Crippen LogP contribution is 2.21. The fourth-order valence-corrected chi connectivity index (χ4v) is 1.54. The van der Waals surface area contributed by atoms with Crippen LogP contribution in [0.15, 0.2) is 22.8 Å². The van der Waals surface area contributed by atoms with Crippen LogP contribution in [0.1, 0.15) is 19.7 Å². The monoisotopic (exact) mass is 283 g/mol. The first-order valence-corrected chi connectivity index (χ1v) is 5.46. The number of halogens is 1. The molecule has 5 nitrogen and oxygen atoms in total. The molecule has 16 heavy (non-hydrogen) atoms. The summed E-state index contributed by atoms with van der Waals surface area (Å²) < 4.78 is 2.44. The van der Waals surface area contributed by atoms with Gasteiger partial charge in [-0.25, -0.2) is 9.50 Å². The summed E-state index contributed by atoms with van der Waals surface area (Å²) in [5.74, 6) is -0.638. The topological polar surface area (TPSA) is 67.5 Å². The summed E-state index contributed by atoms with van der Waals surface area (Å²) >= 11 is 3.32. The van der Waals surface area contributed by atoms with E-state index < -0.39 is 11.4 Å². The highest BCUT2D eigenvalue weighted by atomic mass is 79.9. The molecule has 0 aliphatic heterocycles. The van der Waals surface area contributed by atoms with Gasteiger partial charge in [-0.3, -0.25) is 4.79 Å². The summed E-state index contributed by atoms with van der Waals surface area (Å²) in [6, 6.07) is 3.60. The standard InChI is InChI=1S/C10H10BrN3O2/c1-10(2,9(15)16)8-12-7-5-6(11)3-4-14(7)13-8/h3-5H,1-2H3,(H,15,16). The minimum absolute atomic E-state index is 0.304. The number of carboxylic acids is 1. The van der Waals surface area contributed by atoms with Crippen molar-refractivity contribution in [2.45, 2.75) is 19.3 Å². The highest BCUT2D eigenvalue weighted by Gasteiger charge is 2.34. The fourth-order valence-electron chi connectivity index (χ4n) is 1.22. The largest absolute Gasteiger partial charge is 0.481 e. The Balaban J connectivity index is 2.59. The molecular formula is C10H10BrN3O2. The Morgan fingerprint density at radius 2 is 2.25 bits per heavy atom. The average molecular weight is 284 g/mol. The summed E-state index contributed by atoms with van der Waals surface area (Å²) in [6.45, 7) is 3.16. The first kappa shape index (κ1) is 11.1. The maximum Gasteiger partial charge on any atom is 0.316 e. The van der Waals surface area contributed by atoms with Crippen LogP contribution in [0.5, 0.6) is 0 Å². The van der Waals surface area contributed by atoms with Gasteiger partial charge in [-0.05, 0) is 26.0 Å². The number of pyridine rings is 1. The van der Waals surface area contributed by atoms with Gasteiger partial charge in [0.15, 0.2) is 11.5 Å². The summed E-state index contributed by atoms with van der Waals surface area (Å²) in [7, 11) is 0. The lowest BCUT2D eigenvalue weighted by molar-refractivity contribution is -0.142. The van der Waals surface area contributed by atoms with E-state index in [4.69, 9.17) is 5.11 Å². The molecule has 2 heterocycles. The van der Waals surface area contributed by atoms with E-state index in [1.807, 2.05) is 6.07 Å². The Morgan fingerprint density at radius 3 is 2.88 bits per heavy atom. The van der Waals surface area contributed by atoms with Crippen molar-refractivity contribution in [2.24, 2.45) is 0 Å². The van der Waals surface area contributed by atoms with Crippen LogP contribution in [0.25, 0.3) is 5.65 Å². The molecule has 0 aromatic carbocycles. The van der Waals surface area contributed by atoms with E-state index in [1.54, 1.807) is 30.6 Å². The van der Waals surface area contributed by atoms with Crippen LogP contribution in [-0.4, -0.2) is 25.7 Å². The van der Waals surface area contributed by atoms with Crippen LogP contribution in [-0.2, 0) is 10.2 Å². The summed E-state index contributed by atoms with van der Waals surface area (Å²) in [6.07, 6.45) is 1.73. The fraction of sp³-hybridized carbons (Fsp3) is 0.300. The van der Waals surface area contributed by atoms with E-state index in [1.165, 1.54) is 0 Å². The molecule has 84 valence electrons. The molecule has 0 aliphatic rings. The van der Waals surface area contributed by atoms with Gasteiger partial charge in [0.25, 0.3) is 0 Å². The SMILES string of the molecule is CC(C)(C(=O)O)c1nc2cc(Br)ccn2n1. The molecule has 0 saturated carbocycles. The number of fused-ring (bicyclic) bond motifs is 1. The van der Waals surface area contributed by atoms with Crippen molar-refractivity contribution in [3.05, 3.63) is 28.6 Å². The second kappa shape index (κ2) is 3.55. The van der Waals surface area contributed by atoms with E-state index >= 15 is 0 Å². The highest BCUT2D eigenvalue weighted by molar-refractivity contribution is 9.10. The van der Waals surface area contributed by atoms with Crippen LogP contribution < -0.4 is 0 Å². The molecule has 0 atom stereocenters. The zero-order valence-corrected chi connectivity index (χ0v) is 10.4. The van der Waals surface area contributed by atoms with E-state index in [0.29, 0.717) is 11.5 Å². The molecule has 0 amide bonds. The van der Waals surface area contributed by atoms with Crippen molar-refractivity contribution in [1.29, 1.82) is 0 Å². The quantitative estimate of drug-likeness (QED) is 0.914. The average Bonchev–Trinajstić information content (AvgIpc) is 2.60. The van der Waals surface area contributed by atoms with Crippen molar-refractivity contribution >= 4 is 27.5 Å². The van der Waals surface area contributed by atoms with E-state index in [-0.39, 0.29) is 0 Å². The second-order valence-electron chi connectivity index (χ2n) is 4.01. The third-order valence-electron chi connectivity index (χ3n) is 2.39. The van der Waals surface area contributed by atoms with Crippen LogP contribution in [0.2, 0.25) is 0 Å². The Kier molecular flexibility index (Phi) is 2.46. The first-order valence-electron chi connectivity index (χ1n) is 4.67. The lowest BCUT2D eigenvalue weighted by atomic mass is 9.93. The minimum atomic E-state index is -1.08. The number of hydrogen-bond acceptors (Lipinski definition) is 3. The van der Waals surface area contributed by atoms with Gasteiger partial charge < -0.3 is 5.11 Å². The number of aromatic nitrogens is 3. The zero-order valence-electron chi connectivity index (χ0n) is 8.81. The number of aliphatic carboxylic acids is 1. The molecule has 2 aromatic heterocycles. The first-order chi connectivity index (χ1) is 7.41. The van der Waals surface area contributed by atoms with Gasteiger partial charge in [0, 0.05) is 10.7 Å². The summed E-state index contributed by atoms with van der Waals surface area (Å²) in [5, 5.41) is 13.2. The lowest BCUT2D eigenvalue weighted by Gasteiger charge is -2.13. The molecule has 0 saturated heterocycles. The Bertz CT molecular complexity index is 562. The number of rotatable bonds is 2. The maximum atomic E-state index is 11.1. The van der Waals surface area contributed by atoms with Crippen LogP contribution in [0.4, 0.5) is 0 Å². The van der Waals surface area contributed by atoms with Gasteiger partial charge >= 0.3 is 5.97 Å². The van der Waals surface area contributed by atoms with Gasteiger partial charge in [-0.15, -0.1) is 0 Å². The molecule has 0 spiro atoms. The van der Waals surface area contributed by atoms with Gasteiger partial charge in [-0.2, -0.15) is 5.10 Å². The summed E-state index contributed by atoms with van der Waals surface area (Å²) in [5.41, 5.74) is -0.461. The Morgan fingerprint density at radius 1 is 1.56 bits per heavy atom. The van der Waals surface area contributed by atoms with Crippen molar-refractivity contribution in [1.82, 2.24) is 14.6 Å². The number of nitrogens with zero attached hydrogens (tertiary/aromatic N) is 3. The zero-order chi connectivity index (χ0) is 11.9. The van der Waals surface area contributed by atoms with E-state index in [9.17, 15) is 4.79 Å². The molecule has 2 aromatic rings. The van der Waals surface area contributed by atoms with Gasteiger partial charge in [0.1, 0.15) is 5.41 Å². The van der Waals surface area contributed by atoms with Crippen LogP contribution in [0, 0.1) is 0 Å². The van der Waals surface area contributed by atoms with Crippen molar-refractivity contribution < 1.29 is 9.90 Å². The van der Waals surface area contributed by atoms with Crippen LogP contribution >= 0.6 is 15.9 Å². The smallest absolute Gasteiger partial charge is 0.316 e. The second-order valence-corrected chi connectivity index (χ2v) is 4.93. The number of hydrogen-bond donors (Lipinski definition) is 1. The van der Waals surface area contributed by atoms with Gasteiger partial charge in [0.05, 0.1) is 0 Å². The lowest BCUT2D eigenvalue weighted by Crippen LogP contribution is -2.30. The van der Waals surface area contributed by atoms with Crippen LogP contribution in [0.3, 0.4) is 0 Å². The number of carbonyl (C=O) groups is 1. The molecule has 0 fully saturated rings. The summed E-state index contributed by atoms with van der Waals surface area (Å²) in [4.78, 5) is 15.3. The third-order valence-corrected chi connectivity index (χ3v) is 2.89. The Labute approximate surface area is 100 Å². The predicted octanol–water partition coefficient (Wildman–Crippen LogP) is 1.85. The molecule has 0 unspecified atom stereocenters. The molecule has 0 bridgehead atoms. The molecule has 0 aliphatic carbocycles. The predicted molar refractivity (Wildman–Crippen MR) is 61.3 cm³/mol. The molecule has 2 rings (SSSR count). The van der Waals surface area contributed by atoms with E-state index in [2.05, 4.69) is 26.0 Å². The van der Waals surface area contributed by atoms with Gasteiger partial charge in [0.2, 0.25) is 0 Å². The molecule has 0 radical (unpaired) electrons. The van der Waals surface area contributed by atoms with Crippen molar-refractivity contribution in [3.63, 3.8) is 0 Å². The maximum absolute atomic E-state index is 11.1. The van der Waals surface area contributed by atoms with Crippen molar-refractivity contribution in [3.8, 4) is 0 Å². The molecular weight excluding hydrogens is 274 g/mol. The third kappa shape index (κ3) is 1.69. The Hall–Kier alpha value is -1.43. The van der Waals surface area contributed by atoms with Crippen molar-refractivity contribution in [2.75, 3.05) is 0 Å². The molecule has 6 heteroatoms.